The topological polar surface area (TPSA) is 41.6 Å². The number of carbonyl (C=O) groups excluding carboxylic acids is 1. The summed E-state index contributed by atoms with van der Waals surface area (Å²) in [6, 6.07) is 8.14. The molecule has 4 nitrogen and oxygen atoms in total. The molecule has 2 aliphatic heterocycles. The zero-order chi connectivity index (χ0) is 12.5. The number of nitrogens with zero attached hydrogens (tertiary/aromatic N) is 1. The highest BCUT2D eigenvalue weighted by Gasteiger charge is 2.34. The van der Waals surface area contributed by atoms with E-state index in [1.807, 2.05) is 23.1 Å². The van der Waals surface area contributed by atoms with E-state index in [4.69, 9.17) is 4.74 Å². The third-order valence-electron chi connectivity index (χ3n) is 3.68. The normalized spacial score (nSPS) is 27.1. The minimum absolute atomic E-state index is 0.0824. The van der Waals surface area contributed by atoms with Crippen molar-refractivity contribution in [1.82, 2.24) is 5.32 Å². The number of rotatable bonds is 1. The van der Waals surface area contributed by atoms with E-state index in [2.05, 4.69) is 18.3 Å². The van der Waals surface area contributed by atoms with Gasteiger partial charge in [0.15, 0.2) is 0 Å². The number of ether oxygens (including phenoxy) is 1. The Morgan fingerprint density at radius 3 is 3.06 bits per heavy atom. The molecule has 3 rings (SSSR count). The molecule has 0 bridgehead atoms. The first-order valence-electron chi connectivity index (χ1n) is 6.50. The molecule has 1 N–H and O–H groups in total. The van der Waals surface area contributed by atoms with Crippen molar-refractivity contribution in [2.75, 3.05) is 31.1 Å². The highest BCUT2D eigenvalue weighted by Crippen LogP contribution is 2.36. The fourth-order valence-corrected chi connectivity index (χ4v) is 2.73. The number of nitrogens with one attached hydrogen (secondary N) is 1. The number of hydrogen-bond acceptors (Lipinski definition) is 3. The smallest absolute Gasteiger partial charge is 0.257 e. The Kier molecular flexibility index (Phi) is 3.06. The first-order chi connectivity index (χ1) is 8.77. The summed E-state index contributed by atoms with van der Waals surface area (Å²) in [7, 11) is 0. The van der Waals surface area contributed by atoms with Crippen LogP contribution in [-0.4, -0.2) is 38.3 Å². The van der Waals surface area contributed by atoms with E-state index < -0.39 is 0 Å². The van der Waals surface area contributed by atoms with Crippen molar-refractivity contribution in [3.05, 3.63) is 29.8 Å². The average Bonchev–Trinajstić information content (AvgIpc) is 2.77. The van der Waals surface area contributed by atoms with E-state index in [0.29, 0.717) is 19.1 Å². The Morgan fingerprint density at radius 1 is 1.44 bits per heavy atom. The molecule has 2 aliphatic rings. The number of benzene rings is 1. The molecule has 0 saturated carbocycles. The summed E-state index contributed by atoms with van der Waals surface area (Å²) in [5.74, 6) is 0.487. The number of para-hydroxylation sites is 1. The zero-order valence-electron chi connectivity index (χ0n) is 10.6. The largest absolute Gasteiger partial charge is 0.366 e. The molecule has 2 atom stereocenters. The second kappa shape index (κ2) is 4.71. The molecule has 1 amide bonds. The maximum atomic E-state index is 12.5. The molecule has 1 saturated heterocycles. The van der Waals surface area contributed by atoms with Crippen LogP contribution in [0, 0.1) is 0 Å². The monoisotopic (exact) mass is 246 g/mol. The van der Waals surface area contributed by atoms with Gasteiger partial charge in [-0.25, -0.2) is 0 Å². The van der Waals surface area contributed by atoms with E-state index in [1.54, 1.807) is 0 Å². The quantitative estimate of drug-likeness (QED) is 0.807. The Balaban J connectivity index is 1.83. The van der Waals surface area contributed by atoms with Gasteiger partial charge >= 0.3 is 0 Å². The lowest BCUT2D eigenvalue weighted by Crippen LogP contribution is -2.49. The van der Waals surface area contributed by atoms with Gasteiger partial charge in [0.25, 0.3) is 5.91 Å². The van der Waals surface area contributed by atoms with Crippen LogP contribution < -0.4 is 10.2 Å². The molecule has 96 valence electrons. The van der Waals surface area contributed by atoms with Gasteiger partial charge in [0.2, 0.25) is 0 Å². The molecule has 0 aliphatic carbocycles. The minimum Gasteiger partial charge on any atom is -0.366 e. The summed E-state index contributed by atoms with van der Waals surface area (Å²) in [6.07, 6.45) is -0.336. The van der Waals surface area contributed by atoms with Crippen molar-refractivity contribution >= 4 is 11.6 Å². The lowest BCUT2D eigenvalue weighted by atomic mass is 10.0. The summed E-state index contributed by atoms with van der Waals surface area (Å²) >= 11 is 0. The van der Waals surface area contributed by atoms with Crippen LogP contribution in [0.3, 0.4) is 0 Å². The van der Waals surface area contributed by atoms with E-state index in [1.165, 1.54) is 5.56 Å². The van der Waals surface area contributed by atoms with Crippen LogP contribution in [0.5, 0.6) is 0 Å². The molecular weight excluding hydrogens is 228 g/mol. The standard InChI is InChI=1S/C14H18N2O2/c1-10-9-16(12-5-3-2-4-11(10)12)14(17)13-8-15-6-7-18-13/h2-5,10,13,15H,6-9H2,1H3/t10-,13-/m0/s1. The van der Waals surface area contributed by atoms with Gasteiger partial charge in [-0.15, -0.1) is 0 Å². The van der Waals surface area contributed by atoms with Gasteiger partial charge < -0.3 is 15.0 Å². The number of carbonyl (C=O) groups is 1. The van der Waals surface area contributed by atoms with Crippen LogP contribution in [0.4, 0.5) is 5.69 Å². The van der Waals surface area contributed by atoms with Crippen molar-refractivity contribution in [3.8, 4) is 0 Å². The number of morpholine rings is 1. The predicted octanol–water partition coefficient (Wildman–Crippen LogP) is 1.13. The summed E-state index contributed by atoms with van der Waals surface area (Å²) in [4.78, 5) is 14.3. The number of fused-ring (bicyclic) bond motifs is 1. The summed E-state index contributed by atoms with van der Waals surface area (Å²) < 4.78 is 5.55. The zero-order valence-corrected chi connectivity index (χ0v) is 10.6. The molecule has 0 spiro atoms. The van der Waals surface area contributed by atoms with Crippen molar-refractivity contribution < 1.29 is 9.53 Å². The fraction of sp³-hybridized carbons (Fsp3) is 0.500. The van der Waals surface area contributed by atoms with E-state index in [9.17, 15) is 4.79 Å². The van der Waals surface area contributed by atoms with Gasteiger partial charge in [0, 0.05) is 31.2 Å². The van der Waals surface area contributed by atoms with Gasteiger partial charge in [0.1, 0.15) is 6.10 Å². The van der Waals surface area contributed by atoms with Gasteiger partial charge in [0.05, 0.1) is 6.61 Å². The number of amides is 1. The van der Waals surface area contributed by atoms with Gasteiger partial charge in [-0.1, -0.05) is 25.1 Å². The van der Waals surface area contributed by atoms with E-state index in [-0.39, 0.29) is 12.0 Å². The maximum absolute atomic E-state index is 12.5. The molecule has 4 heteroatoms. The van der Waals surface area contributed by atoms with Crippen molar-refractivity contribution in [2.24, 2.45) is 0 Å². The Labute approximate surface area is 107 Å². The van der Waals surface area contributed by atoms with Crippen LogP contribution in [0.15, 0.2) is 24.3 Å². The average molecular weight is 246 g/mol. The van der Waals surface area contributed by atoms with Gasteiger partial charge in [-0.05, 0) is 11.6 Å². The van der Waals surface area contributed by atoms with Crippen LogP contribution >= 0.6 is 0 Å². The van der Waals surface area contributed by atoms with Gasteiger partial charge in [-0.3, -0.25) is 4.79 Å². The second-order valence-corrected chi connectivity index (χ2v) is 4.97. The number of anilines is 1. The predicted molar refractivity (Wildman–Crippen MR) is 69.8 cm³/mol. The molecular formula is C14H18N2O2. The first-order valence-corrected chi connectivity index (χ1v) is 6.50. The van der Waals surface area contributed by atoms with E-state index >= 15 is 0 Å². The van der Waals surface area contributed by atoms with Crippen molar-refractivity contribution in [3.63, 3.8) is 0 Å². The highest BCUT2D eigenvalue weighted by molar-refractivity contribution is 5.99. The number of hydrogen-bond donors (Lipinski definition) is 1. The molecule has 1 aromatic carbocycles. The third-order valence-corrected chi connectivity index (χ3v) is 3.68. The summed E-state index contributed by atoms with van der Waals surface area (Å²) in [5.41, 5.74) is 2.30. The van der Waals surface area contributed by atoms with Crippen LogP contribution in [0.1, 0.15) is 18.4 Å². The molecule has 0 aromatic heterocycles. The molecule has 2 heterocycles. The van der Waals surface area contributed by atoms with Gasteiger partial charge in [-0.2, -0.15) is 0 Å². The maximum Gasteiger partial charge on any atom is 0.257 e. The van der Waals surface area contributed by atoms with Crippen LogP contribution in [0.2, 0.25) is 0 Å². The Morgan fingerprint density at radius 2 is 2.28 bits per heavy atom. The molecule has 1 fully saturated rings. The molecule has 18 heavy (non-hydrogen) atoms. The molecule has 0 unspecified atom stereocenters. The third kappa shape index (κ3) is 1.91. The Hall–Kier alpha value is -1.39. The highest BCUT2D eigenvalue weighted by atomic mass is 16.5. The summed E-state index contributed by atoms with van der Waals surface area (Å²) in [6.45, 7) is 4.98. The van der Waals surface area contributed by atoms with E-state index in [0.717, 1.165) is 18.8 Å². The van der Waals surface area contributed by atoms with Crippen molar-refractivity contribution in [1.29, 1.82) is 0 Å². The molecule has 1 aromatic rings. The second-order valence-electron chi connectivity index (χ2n) is 4.97. The van der Waals surface area contributed by atoms with Crippen LogP contribution in [-0.2, 0) is 9.53 Å². The van der Waals surface area contributed by atoms with Crippen LogP contribution in [0.25, 0.3) is 0 Å². The first kappa shape index (κ1) is 11.7. The fourth-order valence-electron chi connectivity index (χ4n) is 2.73. The molecule has 0 radical (unpaired) electrons. The Bertz CT molecular complexity index is 455. The minimum atomic E-state index is -0.336. The lowest BCUT2D eigenvalue weighted by molar-refractivity contribution is -0.131. The lowest BCUT2D eigenvalue weighted by Gasteiger charge is -2.27. The SMILES string of the molecule is C[C@H]1CN(C(=O)[C@@H]2CNCCO2)c2ccccc21. The van der Waals surface area contributed by atoms with Crippen molar-refractivity contribution in [2.45, 2.75) is 18.9 Å². The summed E-state index contributed by atoms with van der Waals surface area (Å²) in [5, 5.41) is 3.20.